The highest BCUT2D eigenvalue weighted by Crippen LogP contribution is 2.33. The molecule has 0 fully saturated rings. The minimum absolute atomic E-state index is 0.692. The number of benzene rings is 5. The predicted octanol–water partition coefficient (Wildman–Crippen LogP) is 9.87. The van der Waals surface area contributed by atoms with Crippen molar-refractivity contribution < 1.29 is 0 Å². The predicted molar refractivity (Wildman–Crippen MR) is 172 cm³/mol. The smallest absolute Gasteiger partial charge is 0.160 e. The van der Waals surface area contributed by atoms with Crippen molar-refractivity contribution in [1.82, 2.24) is 15.0 Å². The van der Waals surface area contributed by atoms with E-state index in [1.165, 1.54) is 0 Å². The molecule has 0 amide bonds. The van der Waals surface area contributed by atoms with Gasteiger partial charge in [-0.25, -0.2) is 15.0 Å². The Bertz CT molecular complexity index is 1700. The zero-order valence-electron chi connectivity index (χ0n) is 22.9. The molecule has 0 atom stereocenters. The second kappa shape index (κ2) is 11.4. The van der Waals surface area contributed by atoms with E-state index < -0.39 is 0 Å². The monoisotopic (exact) mass is 537 g/mol. The summed E-state index contributed by atoms with van der Waals surface area (Å²) >= 11 is 0. The van der Waals surface area contributed by atoms with E-state index in [9.17, 15) is 0 Å². The van der Waals surface area contributed by atoms with Crippen LogP contribution in [0.5, 0.6) is 0 Å². The van der Waals surface area contributed by atoms with E-state index in [0.717, 1.165) is 61.7 Å². The Morgan fingerprint density at radius 2 is 0.595 bits per heavy atom. The van der Waals surface area contributed by atoms with E-state index in [-0.39, 0.29) is 0 Å². The van der Waals surface area contributed by atoms with Gasteiger partial charge in [0.1, 0.15) is 0 Å². The third-order valence-electron chi connectivity index (χ3n) is 7.28. The first kappa shape index (κ1) is 25.3. The van der Waals surface area contributed by atoms with E-state index >= 15 is 0 Å². The van der Waals surface area contributed by atoms with Gasteiger partial charge < -0.3 is 0 Å². The number of pyridine rings is 1. The molecule has 2 aromatic heterocycles. The molecule has 0 saturated heterocycles. The summed E-state index contributed by atoms with van der Waals surface area (Å²) in [5.74, 6) is 0.692. The topological polar surface area (TPSA) is 38.7 Å². The summed E-state index contributed by atoms with van der Waals surface area (Å²) in [4.78, 5) is 15.1. The van der Waals surface area contributed by atoms with Crippen LogP contribution in [0.4, 0.5) is 0 Å². The Morgan fingerprint density at radius 3 is 1.02 bits per heavy atom. The summed E-state index contributed by atoms with van der Waals surface area (Å²) in [5.41, 5.74) is 11.1. The highest BCUT2D eigenvalue weighted by atomic mass is 14.9. The first-order chi connectivity index (χ1) is 20.8. The van der Waals surface area contributed by atoms with Crippen molar-refractivity contribution in [3.8, 4) is 67.5 Å². The highest BCUT2D eigenvalue weighted by Gasteiger charge is 2.13. The lowest BCUT2D eigenvalue weighted by Gasteiger charge is -2.12. The summed E-state index contributed by atoms with van der Waals surface area (Å²) in [5, 5.41) is 0. The summed E-state index contributed by atoms with van der Waals surface area (Å²) < 4.78 is 0. The highest BCUT2D eigenvalue weighted by molar-refractivity contribution is 5.79. The third-order valence-corrected chi connectivity index (χ3v) is 7.28. The van der Waals surface area contributed by atoms with Gasteiger partial charge in [0.2, 0.25) is 0 Å². The van der Waals surface area contributed by atoms with Gasteiger partial charge in [-0.3, -0.25) is 0 Å². The molecule has 0 spiro atoms. The second-order valence-electron chi connectivity index (χ2n) is 10.1. The Hall–Kier alpha value is -5.67. The molecule has 0 unspecified atom stereocenters. The lowest BCUT2D eigenvalue weighted by atomic mass is 9.98. The van der Waals surface area contributed by atoms with Crippen LogP contribution in [0.3, 0.4) is 0 Å². The Balaban J connectivity index is 1.37. The lowest BCUT2D eigenvalue weighted by Crippen LogP contribution is -1.96. The molecule has 0 saturated carbocycles. The molecular formula is C39H27N3. The summed E-state index contributed by atoms with van der Waals surface area (Å²) in [6, 6.07) is 56.1. The van der Waals surface area contributed by atoms with Gasteiger partial charge in [-0.05, 0) is 35.4 Å². The number of rotatable bonds is 6. The fraction of sp³-hybridized carbons (Fsp3) is 0. The van der Waals surface area contributed by atoms with Crippen LogP contribution in [0, 0.1) is 0 Å². The van der Waals surface area contributed by atoms with Crippen LogP contribution in [0.15, 0.2) is 164 Å². The Morgan fingerprint density at radius 1 is 0.238 bits per heavy atom. The molecule has 0 bridgehead atoms. The first-order valence-corrected chi connectivity index (χ1v) is 14.0. The fourth-order valence-corrected chi connectivity index (χ4v) is 5.14. The molecule has 0 N–H and O–H groups in total. The average Bonchev–Trinajstić information content (AvgIpc) is 3.09. The molecular weight excluding hydrogens is 510 g/mol. The third kappa shape index (κ3) is 5.36. The van der Waals surface area contributed by atoms with Gasteiger partial charge in [-0.15, -0.1) is 0 Å². The number of hydrogen-bond acceptors (Lipinski definition) is 3. The minimum Gasteiger partial charge on any atom is -0.248 e. The zero-order chi connectivity index (χ0) is 28.1. The van der Waals surface area contributed by atoms with Crippen LogP contribution in [-0.2, 0) is 0 Å². The summed E-state index contributed by atoms with van der Waals surface area (Å²) in [7, 11) is 0. The molecule has 3 heteroatoms. The maximum atomic E-state index is 5.05. The van der Waals surface area contributed by atoms with Crippen LogP contribution in [0.2, 0.25) is 0 Å². The summed E-state index contributed by atoms with van der Waals surface area (Å²) in [6.45, 7) is 0. The van der Waals surface area contributed by atoms with Gasteiger partial charge in [-0.1, -0.05) is 140 Å². The molecule has 0 aliphatic rings. The van der Waals surface area contributed by atoms with Crippen LogP contribution in [0.25, 0.3) is 67.5 Å². The van der Waals surface area contributed by atoms with E-state index in [1.54, 1.807) is 0 Å². The minimum atomic E-state index is 0.692. The summed E-state index contributed by atoms with van der Waals surface area (Å²) in [6.07, 6.45) is 0. The van der Waals surface area contributed by atoms with Crippen molar-refractivity contribution in [1.29, 1.82) is 0 Å². The standard InChI is InChI=1S/C39H27N3/c1-5-14-28(15-6-1)35-25-34(26-36(40-35)29-16-7-2-8-17-29)32-22-13-23-33(24-32)39-41-37(30-18-9-3-10-19-30)27-38(42-39)31-20-11-4-12-21-31/h1-27H. The molecule has 3 nitrogen and oxygen atoms in total. The van der Waals surface area contributed by atoms with Crippen LogP contribution < -0.4 is 0 Å². The van der Waals surface area contributed by atoms with Crippen LogP contribution in [-0.4, -0.2) is 15.0 Å². The van der Waals surface area contributed by atoms with Crippen molar-refractivity contribution in [2.75, 3.05) is 0 Å². The average molecular weight is 538 g/mol. The van der Waals surface area contributed by atoms with E-state index in [0.29, 0.717) is 5.82 Å². The molecule has 7 rings (SSSR count). The number of hydrogen-bond donors (Lipinski definition) is 0. The van der Waals surface area contributed by atoms with E-state index in [1.807, 2.05) is 72.8 Å². The maximum Gasteiger partial charge on any atom is 0.160 e. The van der Waals surface area contributed by atoms with Gasteiger partial charge in [0.25, 0.3) is 0 Å². The van der Waals surface area contributed by atoms with Gasteiger partial charge in [-0.2, -0.15) is 0 Å². The zero-order valence-corrected chi connectivity index (χ0v) is 22.9. The molecule has 42 heavy (non-hydrogen) atoms. The van der Waals surface area contributed by atoms with Crippen molar-refractivity contribution in [3.63, 3.8) is 0 Å². The fourth-order valence-electron chi connectivity index (χ4n) is 5.14. The van der Waals surface area contributed by atoms with E-state index in [4.69, 9.17) is 15.0 Å². The van der Waals surface area contributed by atoms with Gasteiger partial charge in [0, 0.05) is 27.8 Å². The van der Waals surface area contributed by atoms with Crippen molar-refractivity contribution >= 4 is 0 Å². The molecule has 198 valence electrons. The Kier molecular flexibility index (Phi) is 6.89. The van der Waals surface area contributed by atoms with Crippen molar-refractivity contribution in [2.45, 2.75) is 0 Å². The van der Waals surface area contributed by atoms with Gasteiger partial charge >= 0.3 is 0 Å². The molecule has 0 aliphatic heterocycles. The first-order valence-electron chi connectivity index (χ1n) is 14.0. The lowest BCUT2D eigenvalue weighted by molar-refractivity contribution is 1.18. The van der Waals surface area contributed by atoms with E-state index in [2.05, 4.69) is 91.0 Å². The molecule has 0 radical (unpaired) electrons. The molecule has 7 aromatic rings. The number of aromatic nitrogens is 3. The number of nitrogens with zero attached hydrogens (tertiary/aromatic N) is 3. The van der Waals surface area contributed by atoms with Crippen LogP contribution in [0.1, 0.15) is 0 Å². The SMILES string of the molecule is c1ccc(-c2cc(-c3cccc(-c4nc(-c5ccccc5)cc(-c5ccccc5)n4)c3)cc(-c3ccccc3)n2)cc1. The Labute approximate surface area is 245 Å². The van der Waals surface area contributed by atoms with Gasteiger partial charge in [0.05, 0.1) is 22.8 Å². The largest absolute Gasteiger partial charge is 0.248 e. The second-order valence-corrected chi connectivity index (χ2v) is 10.1. The molecule has 2 heterocycles. The quantitative estimate of drug-likeness (QED) is 0.212. The van der Waals surface area contributed by atoms with Crippen molar-refractivity contribution in [3.05, 3.63) is 164 Å². The molecule has 0 aliphatic carbocycles. The van der Waals surface area contributed by atoms with Crippen molar-refractivity contribution in [2.24, 2.45) is 0 Å². The maximum absolute atomic E-state index is 5.05. The normalized spacial score (nSPS) is 10.9. The molecule has 5 aromatic carbocycles. The van der Waals surface area contributed by atoms with Crippen LogP contribution >= 0.6 is 0 Å². The van der Waals surface area contributed by atoms with Gasteiger partial charge in [0.15, 0.2) is 5.82 Å².